The number of imidazole rings is 1. The number of carbonyl (C=O) groups excluding carboxylic acids is 1. The molecule has 0 saturated heterocycles. The van der Waals surface area contributed by atoms with Gasteiger partial charge in [0.05, 0.1) is 16.6 Å². The van der Waals surface area contributed by atoms with Gasteiger partial charge in [-0.2, -0.15) is 0 Å². The summed E-state index contributed by atoms with van der Waals surface area (Å²) in [6.07, 6.45) is 3.27. The lowest BCUT2D eigenvalue weighted by Gasteiger charge is -2.05. The zero-order chi connectivity index (χ0) is 18.1. The van der Waals surface area contributed by atoms with Crippen LogP contribution in [-0.2, 0) is 12.8 Å². The molecule has 0 atom stereocenters. The number of nitrogens with zero attached hydrogens (tertiary/aromatic N) is 4. The summed E-state index contributed by atoms with van der Waals surface area (Å²) in [5.74, 6) is 1.55. The molecular formula is C19H20N6O. The first-order valence-corrected chi connectivity index (χ1v) is 8.72. The minimum Gasteiger partial charge on any atom is -0.351 e. The molecule has 0 fully saturated rings. The fourth-order valence-electron chi connectivity index (χ4n) is 3.07. The molecule has 4 aromatic rings. The molecule has 0 aliphatic rings. The second-order valence-corrected chi connectivity index (χ2v) is 6.30. The van der Waals surface area contributed by atoms with Crippen LogP contribution < -0.4 is 5.32 Å². The number of H-pyrrole nitrogens is 1. The van der Waals surface area contributed by atoms with Crippen molar-refractivity contribution in [1.82, 2.24) is 29.9 Å². The number of nitrogens with one attached hydrogen (secondary N) is 2. The summed E-state index contributed by atoms with van der Waals surface area (Å²) >= 11 is 0. The molecule has 0 radical (unpaired) electrons. The van der Waals surface area contributed by atoms with Crippen molar-refractivity contribution in [3.63, 3.8) is 0 Å². The lowest BCUT2D eigenvalue weighted by atomic mass is 10.2. The third kappa shape index (κ3) is 2.92. The highest BCUT2D eigenvalue weighted by Gasteiger charge is 2.14. The van der Waals surface area contributed by atoms with Gasteiger partial charge in [-0.05, 0) is 36.8 Å². The number of rotatable bonds is 5. The van der Waals surface area contributed by atoms with Gasteiger partial charge in [-0.15, -0.1) is 10.2 Å². The molecule has 0 bridgehead atoms. The number of pyridine rings is 1. The highest BCUT2D eigenvalue weighted by atomic mass is 16.1. The molecule has 0 spiro atoms. The van der Waals surface area contributed by atoms with Crippen molar-refractivity contribution >= 4 is 22.6 Å². The van der Waals surface area contributed by atoms with Gasteiger partial charge in [0.1, 0.15) is 11.6 Å². The van der Waals surface area contributed by atoms with Crippen LogP contribution in [-0.4, -0.2) is 37.0 Å². The van der Waals surface area contributed by atoms with Crippen LogP contribution in [0.4, 0.5) is 0 Å². The molecule has 3 aromatic heterocycles. The van der Waals surface area contributed by atoms with Crippen molar-refractivity contribution in [2.75, 3.05) is 6.54 Å². The number of amides is 1. The molecule has 3 heterocycles. The molecule has 0 unspecified atom stereocenters. The van der Waals surface area contributed by atoms with E-state index in [-0.39, 0.29) is 5.91 Å². The quantitative estimate of drug-likeness (QED) is 0.580. The van der Waals surface area contributed by atoms with Gasteiger partial charge >= 0.3 is 0 Å². The van der Waals surface area contributed by atoms with Crippen LogP contribution in [0.15, 0.2) is 36.5 Å². The van der Waals surface area contributed by atoms with E-state index in [1.165, 1.54) is 5.56 Å². The third-order valence-corrected chi connectivity index (χ3v) is 4.40. The van der Waals surface area contributed by atoms with E-state index in [2.05, 4.69) is 38.5 Å². The summed E-state index contributed by atoms with van der Waals surface area (Å²) in [6, 6.07) is 9.72. The van der Waals surface area contributed by atoms with E-state index in [1.54, 1.807) is 6.07 Å². The first kappa shape index (κ1) is 16.3. The maximum absolute atomic E-state index is 12.5. The predicted octanol–water partition coefficient (Wildman–Crippen LogP) is 2.45. The molecular weight excluding hydrogens is 328 g/mol. The van der Waals surface area contributed by atoms with Gasteiger partial charge < -0.3 is 10.3 Å². The highest BCUT2D eigenvalue weighted by Crippen LogP contribution is 2.14. The van der Waals surface area contributed by atoms with Gasteiger partial charge in [0.15, 0.2) is 5.65 Å². The van der Waals surface area contributed by atoms with Gasteiger partial charge in [0.2, 0.25) is 0 Å². The third-order valence-electron chi connectivity index (χ3n) is 4.40. The zero-order valence-corrected chi connectivity index (χ0v) is 14.8. The summed E-state index contributed by atoms with van der Waals surface area (Å²) in [7, 11) is 0. The van der Waals surface area contributed by atoms with E-state index < -0.39 is 0 Å². The van der Waals surface area contributed by atoms with Gasteiger partial charge in [-0.3, -0.25) is 9.20 Å². The number of aromatic amines is 1. The van der Waals surface area contributed by atoms with Crippen LogP contribution in [0.25, 0.3) is 16.7 Å². The van der Waals surface area contributed by atoms with Gasteiger partial charge in [-0.1, -0.05) is 13.0 Å². The SMILES string of the molecule is CCc1nnc2c(C(=O)NCCc3nc4ccc(C)cc4[nH]3)cccn12. The van der Waals surface area contributed by atoms with Crippen LogP contribution in [0.3, 0.4) is 0 Å². The van der Waals surface area contributed by atoms with E-state index in [0.29, 0.717) is 24.2 Å². The van der Waals surface area contributed by atoms with E-state index >= 15 is 0 Å². The first-order valence-electron chi connectivity index (χ1n) is 8.72. The second-order valence-electron chi connectivity index (χ2n) is 6.30. The molecule has 0 aliphatic heterocycles. The zero-order valence-electron chi connectivity index (χ0n) is 14.8. The Morgan fingerprint density at radius 3 is 3.00 bits per heavy atom. The molecule has 7 heteroatoms. The van der Waals surface area contributed by atoms with Gasteiger partial charge in [0, 0.05) is 25.6 Å². The Hall–Kier alpha value is -3.22. The van der Waals surface area contributed by atoms with Crippen LogP contribution in [0.5, 0.6) is 0 Å². The Bertz CT molecular complexity index is 1090. The number of hydrogen-bond acceptors (Lipinski definition) is 4. The molecule has 132 valence electrons. The minimum absolute atomic E-state index is 0.155. The summed E-state index contributed by atoms with van der Waals surface area (Å²) < 4.78 is 1.86. The van der Waals surface area contributed by atoms with Crippen molar-refractivity contribution in [1.29, 1.82) is 0 Å². The topological polar surface area (TPSA) is 88.0 Å². The normalized spacial score (nSPS) is 11.3. The van der Waals surface area contributed by atoms with Crippen molar-refractivity contribution < 1.29 is 4.79 Å². The Balaban J connectivity index is 1.46. The second kappa shape index (κ2) is 6.59. The van der Waals surface area contributed by atoms with Crippen LogP contribution in [0.2, 0.25) is 0 Å². The van der Waals surface area contributed by atoms with Crippen molar-refractivity contribution in [2.24, 2.45) is 0 Å². The minimum atomic E-state index is -0.155. The largest absolute Gasteiger partial charge is 0.351 e. The molecule has 0 aliphatic carbocycles. The average molecular weight is 348 g/mol. The Morgan fingerprint density at radius 2 is 2.15 bits per heavy atom. The smallest absolute Gasteiger partial charge is 0.255 e. The molecule has 1 aromatic carbocycles. The summed E-state index contributed by atoms with van der Waals surface area (Å²) in [5, 5.41) is 11.2. The number of fused-ring (bicyclic) bond motifs is 2. The standard InChI is InChI=1S/C19H20N6O/c1-3-17-23-24-18-13(5-4-10-25(17)18)19(26)20-9-8-16-21-14-7-6-12(2)11-15(14)22-16/h4-7,10-11H,3,8-9H2,1-2H3,(H,20,26)(H,21,22). The van der Waals surface area contributed by atoms with Gasteiger partial charge in [0.25, 0.3) is 5.91 Å². The average Bonchev–Trinajstić information content (AvgIpc) is 3.24. The van der Waals surface area contributed by atoms with E-state index in [0.717, 1.165) is 29.1 Å². The maximum atomic E-state index is 12.5. The number of hydrogen-bond donors (Lipinski definition) is 2. The first-order chi connectivity index (χ1) is 12.7. The monoisotopic (exact) mass is 348 g/mol. The highest BCUT2D eigenvalue weighted by molar-refractivity contribution is 5.99. The van der Waals surface area contributed by atoms with Crippen LogP contribution >= 0.6 is 0 Å². The number of carbonyl (C=O) groups is 1. The molecule has 26 heavy (non-hydrogen) atoms. The fourth-order valence-corrected chi connectivity index (χ4v) is 3.07. The molecule has 0 saturated carbocycles. The number of aromatic nitrogens is 5. The van der Waals surface area contributed by atoms with E-state index in [9.17, 15) is 4.79 Å². The summed E-state index contributed by atoms with van der Waals surface area (Å²) in [5.41, 5.74) is 4.26. The summed E-state index contributed by atoms with van der Waals surface area (Å²) in [4.78, 5) is 20.4. The maximum Gasteiger partial charge on any atom is 0.255 e. The van der Waals surface area contributed by atoms with Crippen LogP contribution in [0, 0.1) is 6.92 Å². The fraction of sp³-hybridized carbons (Fsp3) is 0.263. The lowest BCUT2D eigenvalue weighted by molar-refractivity contribution is 0.0955. The van der Waals surface area contributed by atoms with E-state index in [1.807, 2.05) is 35.7 Å². The molecule has 7 nitrogen and oxygen atoms in total. The van der Waals surface area contributed by atoms with Gasteiger partial charge in [-0.25, -0.2) is 4.98 Å². The summed E-state index contributed by atoms with van der Waals surface area (Å²) in [6.45, 7) is 4.56. The molecule has 4 rings (SSSR count). The van der Waals surface area contributed by atoms with Crippen molar-refractivity contribution in [3.05, 3.63) is 59.3 Å². The Labute approximate surface area is 150 Å². The lowest BCUT2D eigenvalue weighted by Crippen LogP contribution is -2.26. The number of benzene rings is 1. The Morgan fingerprint density at radius 1 is 1.27 bits per heavy atom. The molecule has 2 N–H and O–H groups in total. The van der Waals surface area contributed by atoms with E-state index in [4.69, 9.17) is 0 Å². The number of aryl methyl sites for hydroxylation is 2. The Kier molecular flexibility index (Phi) is 4.12. The molecule has 1 amide bonds. The predicted molar refractivity (Wildman–Crippen MR) is 99.2 cm³/mol. The van der Waals surface area contributed by atoms with Crippen molar-refractivity contribution in [2.45, 2.75) is 26.7 Å². The van der Waals surface area contributed by atoms with Crippen molar-refractivity contribution in [3.8, 4) is 0 Å². The van der Waals surface area contributed by atoms with Crippen LogP contribution in [0.1, 0.15) is 34.5 Å².